The van der Waals surface area contributed by atoms with E-state index in [-0.39, 0.29) is 51.5 Å². The molecule has 0 N–H and O–H groups in total. The van der Waals surface area contributed by atoms with Crippen LogP contribution in [0.2, 0.25) is 0 Å². The van der Waals surface area contributed by atoms with Crippen LogP contribution < -0.4 is 5.19 Å². The summed E-state index contributed by atoms with van der Waals surface area (Å²) in [5.41, 5.74) is -0.0449. The van der Waals surface area contributed by atoms with Crippen molar-refractivity contribution in [1.29, 1.82) is 0 Å². The zero-order chi connectivity index (χ0) is 39.3. The lowest BCUT2D eigenvalue weighted by Crippen LogP contribution is -2.73. The minimum Gasteiger partial charge on any atom is -0.366 e. The summed E-state index contributed by atoms with van der Waals surface area (Å²) in [7, 11) is 3.42. The number of benzene rings is 1. The van der Waals surface area contributed by atoms with Gasteiger partial charge in [0, 0.05) is 38.4 Å². The number of nitrogens with zero attached hydrogens (tertiary/aromatic N) is 3. The summed E-state index contributed by atoms with van der Waals surface area (Å²) in [5.74, 6) is 0.870. The Morgan fingerprint density at radius 1 is 0.500 bits per heavy atom. The van der Waals surface area contributed by atoms with Gasteiger partial charge in [-0.2, -0.15) is 0 Å². The van der Waals surface area contributed by atoms with Crippen LogP contribution in [0, 0.1) is 17.8 Å². The Balaban J connectivity index is 1.98. The molecule has 6 nitrogen and oxygen atoms in total. The van der Waals surface area contributed by atoms with E-state index in [0.29, 0.717) is 17.8 Å². The number of piperidine rings is 3. The smallest absolute Gasteiger partial charge is 0.366 e. The van der Waals surface area contributed by atoms with Crippen molar-refractivity contribution < 1.29 is 13.3 Å². The third-order valence-electron chi connectivity index (χ3n) is 17.7. The van der Waals surface area contributed by atoms with Gasteiger partial charge < -0.3 is 13.3 Å². The average Bonchev–Trinajstić information content (AvgIpc) is 3.15. The highest BCUT2D eigenvalue weighted by Crippen LogP contribution is 2.51. The number of rotatable bonds is 13. The first kappa shape index (κ1) is 43.9. The van der Waals surface area contributed by atoms with Crippen LogP contribution in [0.25, 0.3) is 0 Å². The molecule has 12 atom stereocenters. The van der Waals surface area contributed by atoms with Crippen LogP contribution in [-0.2, 0) is 13.3 Å². The summed E-state index contributed by atoms with van der Waals surface area (Å²) in [4.78, 5) is 8.03. The maximum absolute atomic E-state index is 8.02. The van der Waals surface area contributed by atoms with Crippen molar-refractivity contribution in [1.82, 2.24) is 14.7 Å². The van der Waals surface area contributed by atoms with E-state index in [0.717, 1.165) is 63.0 Å². The second-order valence-corrected chi connectivity index (χ2v) is 21.6. The molecule has 1 aromatic rings. The molecule has 300 valence electrons. The summed E-state index contributed by atoms with van der Waals surface area (Å²) in [6.07, 6.45) is 9.23. The van der Waals surface area contributed by atoms with Crippen LogP contribution in [0.4, 0.5) is 0 Å². The van der Waals surface area contributed by atoms with Gasteiger partial charge in [-0.05, 0) is 138 Å². The van der Waals surface area contributed by atoms with Gasteiger partial charge in [-0.3, -0.25) is 14.7 Å². The summed E-state index contributed by atoms with van der Waals surface area (Å²) in [5, 5.41) is 1.11. The van der Waals surface area contributed by atoms with Crippen molar-refractivity contribution in [3.63, 3.8) is 0 Å². The van der Waals surface area contributed by atoms with Crippen LogP contribution in [0.1, 0.15) is 162 Å². The lowest BCUT2D eigenvalue weighted by molar-refractivity contribution is -0.169. The molecule has 52 heavy (non-hydrogen) atoms. The summed E-state index contributed by atoms with van der Waals surface area (Å²) < 4.78 is 24.1. The minimum atomic E-state index is -3.63. The van der Waals surface area contributed by atoms with Gasteiger partial charge in [0.05, 0.1) is 18.3 Å². The monoisotopic (exact) mass is 742 g/mol. The molecule has 0 amide bonds. The highest BCUT2D eigenvalue weighted by Gasteiger charge is 2.62. The molecule has 3 heterocycles. The van der Waals surface area contributed by atoms with Crippen LogP contribution in [0.5, 0.6) is 0 Å². The Bertz CT molecular complexity index is 1210. The van der Waals surface area contributed by atoms with Crippen molar-refractivity contribution in [3.05, 3.63) is 30.3 Å². The average molecular weight is 742 g/mol. The molecule has 3 saturated heterocycles. The van der Waals surface area contributed by atoms with Gasteiger partial charge in [-0.25, -0.2) is 0 Å². The Hall–Kier alpha value is -0.803. The van der Waals surface area contributed by atoms with Gasteiger partial charge in [0.1, 0.15) is 0 Å². The molecule has 3 fully saturated rings. The molecule has 0 radical (unpaired) electrons. The molecular formula is C45H83N3O3Si. The largest absolute Gasteiger partial charge is 0.537 e. The molecule has 0 bridgehead atoms. The standard InChI is InChI=1S/C45H83N3O3Si/c1-19-40(10)30-37(33(7)43(13,22-4)46(40)16)49-52(36-28-26-25-27-29-36,50-38-31-41(11,20-2)47(17)44(14,23-5)34(38)8)51-39-32-42(12,21-3)48(18)45(15,24-6)35(39)9/h25-29,33-35,37-39H,19-24,30-32H2,1-18H3. The lowest BCUT2D eigenvalue weighted by Gasteiger charge is -2.62. The minimum absolute atomic E-state index is 0.00355. The number of hydrogen-bond donors (Lipinski definition) is 0. The van der Waals surface area contributed by atoms with E-state index in [4.69, 9.17) is 13.3 Å². The topological polar surface area (TPSA) is 37.4 Å². The van der Waals surface area contributed by atoms with E-state index in [1.54, 1.807) is 0 Å². The molecule has 0 aromatic heterocycles. The van der Waals surface area contributed by atoms with Crippen LogP contribution in [-0.4, -0.2) is 96.2 Å². The predicted octanol–water partition coefficient (Wildman–Crippen LogP) is 9.92. The lowest BCUT2D eigenvalue weighted by atomic mass is 9.68. The van der Waals surface area contributed by atoms with Crippen LogP contribution >= 0.6 is 0 Å². The fraction of sp³-hybridized carbons (Fsp3) is 0.867. The highest BCUT2D eigenvalue weighted by molar-refractivity contribution is 6.75. The SMILES string of the molecule is CCC1(C)CC(O[Si](OC2CC(C)(CC)N(C)C(C)(CC)C2C)(OC2CC(C)(CC)N(C)C(C)(CC)C2C)c2ccccc2)C(C)C(C)(CC)N1C. The van der Waals surface area contributed by atoms with Gasteiger partial charge in [0.2, 0.25) is 0 Å². The zero-order valence-electron chi connectivity index (χ0n) is 37.3. The molecule has 12 unspecified atom stereocenters. The quantitative estimate of drug-likeness (QED) is 0.188. The Kier molecular flexibility index (Phi) is 13.2. The van der Waals surface area contributed by atoms with Crippen molar-refractivity contribution in [2.24, 2.45) is 17.8 Å². The Morgan fingerprint density at radius 3 is 1.00 bits per heavy atom. The fourth-order valence-corrected chi connectivity index (χ4v) is 14.2. The third kappa shape index (κ3) is 7.06. The van der Waals surface area contributed by atoms with Gasteiger partial charge in [-0.15, -0.1) is 0 Å². The van der Waals surface area contributed by atoms with E-state index in [1.165, 1.54) is 0 Å². The van der Waals surface area contributed by atoms with Gasteiger partial charge in [0.25, 0.3) is 0 Å². The normalized spacial score (nSPS) is 45.2. The summed E-state index contributed by atoms with van der Waals surface area (Å²) in [6.45, 7) is 36.2. The summed E-state index contributed by atoms with van der Waals surface area (Å²) >= 11 is 0. The van der Waals surface area contributed by atoms with E-state index in [1.807, 2.05) is 0 Å². The van der Waals surface area contributed by atoms with E-state index >= 15 is 0 Å². The second-order valence-electron chi connectivity index (χ2n) is 19.2. The van der Waals surface area contributed by atoms with Crippen molar-refractivity contribution in [2.45, 2.75) is 213 Å². The van der Waals surface area contributed by atoms with Gasteiger partial charge >= 0.3 is 8.80 Å². The van der Waals surface area contributed by atoms with Crippen LogP contribution in [0.3, 0.4) is 0 Å². The first-order chi connectivity index (χ1) is 24.1. The predicted molar refractivity (Wildman–Crippen MR) is 223 cm³/mol. The van der Waals surface area contributed by atoms with Gasteiger partial charge in [-0.1, -0.05) is 92.6 Å². The first-order valence-corrected chi connectivity index (χ1v) is 23.1. The zero-order valence-corrected chi connectivity index (χ0v) is 38.3. The van der Waals surface area contributed by atoms with Crippen molar-refractivity contribution in [3.8, 4) is 0 Å². The number of hydrogen-bond acceptors (Lipinski definition) is 6. The molecular weight excluding hydrogens is 659 g/mol. The maximum atomic E-state index is 8.02. The van der Waals surface area contributed by atoms with Crippen LogP contribution in [0.15, 0.2) is 30.3 Å². The molecule has 7 heteroatoms. The Morgan fingerprint density at radius 2 is 0.769 bits per heavy atom. The summed E-state index contributed by atoms with van der Waals surface area (Å²) in [6, 6.07) is 11.0. The number of likely N-dealkylation sites (tertiary alicyclic amines) is 3. The maximum Gasteiger partial charge on any atom is 0.537 e. The van der Waals surface area contributed by atoms with E-state index < -0.39 is 8.80 Å². The van der Waals surface area contributed by atoms with Gasteiger partial charge in [0.15, 0.2) is 0 Å². The molecule has 0 spiro atoms. The Labute approximate surface area is 323 Å². The first-order valence-electron chi connectivity index (χ1n) is 21.4. The third-order valence-corrected chi connectivity index (χ3v) is 20.6. The fourth-order valence-electron chi connectivity index (χ4n) is 11.0. The molecule has 0 aliphatic carbocycles. The van der Waals surface area contributed by atoms with E-state index in [9.17, 15) is 0 Å². The highest BCUT2D eigenvalue weighted by atomic mass is 28.4. The molecule has 4 rings (SSSR count). The van der Waals surface area contributed by atoms with Crippen molar-refractivity contribution in [2.75, 3.05) is 21.1 Å². The molecule has 0 saturated carbocycles. The molecule has 1 aromatic carbocycles. The molecule has 3 aliphatic rings. The second kappa shape index (κ2) is 15.6. The van der Waals surface area contributed by atoms with E-state index in [2.05, 4.69) is 170 Å². The molecule has 3 aliphatic heterocycles. The van der Waals surface area contributed by atoms with Crippen molar-refractivity contribution >= 4 is 14.0 Å².